The van der Waals surface area contributed by atoms with Crippen LogP contribution in [-0.4, -0.2) is 24.6 Å². The van der Waals surface area contributed by atoms with E-state index in [-0.39, 0.29) is 0 Å². The molecule has 16 heavy (non-hydrogen) atoms. The van der Waals surface area contributed by atoms with Crippen molar-refractivity contribution in [2.75, 3.05) is 25.0 Å². The fourth-order valence-electron chi connectivity index (χ4n) is 2.03. The summed E-state index contributed by atoms with van der Waals surface area (Å²) in [7, 11) is 0. The van der Waals surface area contributed by atoms with Gasteiger partial charge in [0.15, 0.2) is 0 Å². The van der Waals surface area contributed by atoms with Crippen molar-refractivity contribution in [2.45, 2.75) is 19.8 Å². The quantitative estimate of drug-likeness (QED) is 0.896. The smallest absolute Gasteiger partial charge is 0.0538 e. The second-order valence-electron chi connectivity index (χ2n) is 4.81. The zero-order chi connectivity index (χ0) is 11.4. The number of anilines is 1. The lowest BCUT2D eigenvalue weighted by atomic mass is 9.81. The third-order valence-corrected chi connectivity index (χ3v) is 3.67. The molecule has 0 spiro atoms. The molecule has 1 aliphatic heterocycles. The minimum atomic E-state index is 0.410. The first kappa shape index (κ1) is 11.9. The van der Waals surface area contributed by atoms with Crippen LogP contribution >= 0.6 is 15.9 Å². The molecule has 1 aromatic heterocycles. The van der Waals surface area contributed by atoms with Crippen LogP contribution < -0.4 is 10.6 Å². The van der Waals surface area contributed by atoms with Gasteiger partial charge in [0, 0.05) is 17.2 Å². The van der Waals surface area contributed by atoms with E-state index in [0.717, 1.165) is 29.8 Å². The third-order valence-electron chi connectivity index (χ3n) is 3.23. The molecular weight excluding hydrogens is 266 g/mol. The summed E-state index contributed by atoms with van der Waals surface area (Å²) in [5.74, 6) is 0. The van der Waals surface area contributed by atoms with Crippen LogP contribution in [0.1, 0.15) is 19.8 Å². The second-order valence-corrected chi connectivity index (χ2v) is 5.72. The molecule has 0 atom stereocenters. The Hall–Kier alpha value is -0.610. The van der Waals surface area contributed by atoms with Gasteiger partial charge < -0.3 is 10.6 Å². The fourth-order valence-corrected chi connectivity index (χ4v) is 2.40. The largest absolute Gasteiger partial charge is 0.383 e. The highest BCUT2D eigenvalue weighted by Gasteiger charge is 2.26. The van der Waals surface area contributed by atoms with E-state index in [9.17, 15) is 0 Å². The average Bonchev–Trinajstić information content (AvgIpc) is 2.28. The first-order chi connectivity index (χ1) is 7.68. The molecule has 1 aliphatic rings. The molecule has 0 aromatic carbocycles. The molecule has 0 aliphatic carbocycles. The van der Waals surface area contributed by atoms with Crippen molar-refractivity contribution in [1.29, 1.82) is 0 Å². The SMILES string of the molecule is CC1(CNc2cncc(Br)c2)CCNCC1. The molecule has 2 rings (SSSR count). The highest BCUT2D eigenvalue weighted by molar-refractivity contribution is 9.10. The summed E-state index contributed by atoms with van der Waals surface area (Å²) >= 11 is 3.43. The lowest BCUT2D eigenvalue weighted by Crippen LogP contribution is -2.39. The number of aromatic nitrogens is 1. The number of nitrogens with one attached hydrogen (secondary N) is 2. The van der Waals surface area contributed by atoms with Crippen molar-refractivity contribution in [3.05, 3.63) is 22.9 Å². The maximum absolute atomic E-state index is 4.15. The summed E-state index contributed by atoms with van der Waals surface area (Å²) in [6.07, 6.45) is 6.15. The van der Waals surface area contributed by atoms with Gasteiger partial charge in [0.2, 0.25) is 0 Å². The predicted octanol–water partition coefficient (Wildman–Crippen LogP) is 2.65. The fraction of sp³-hybridized carbons (Fsp3) is 0.583. The van der Waals surface area contributed by atoms with E-state index < -0.39 is 0 Å². The number of halogens is 1. The van der Waals surface area contributed by atoms with Crippen molar-refractivity contribution in [2.24, 2.45) is 5.41 Å². The van der Waals surface area contributed by atoms with Crippen LogP contribution in [0, 0.1) is 5.41 Å². The number of nitrogens with zero attached hydrogens (tertiary/aromatic N) is 1. The van der Waals surface area contributed by atoms with Crippen LogP contribution in [0.3, 0.4) is 0 Å². The molecule has 2 heterocycles. The lowest BCUT2D eigenvalue weighted by Gasteiger charge is -2.34. The number of piperidine rings is 1. The van der Waals surface area contributed by atoms with Gasteiger partial charge in [-0.15, -0.1) is 0 Å². The standard InChI is InChI=1S/C12H18BrN3/c1-12(2-4-14-5-3-12)9-16-11-6-10(13)7-15-8-11/h6-8,14,16H,2-5,9H2,1H3. The maximum atomic E-state index is 4.15. The molecule has 0 amide bonds. The van der Waals surface area contributed by atoms with E-state index in [1.165, 1.54) is 12.8 Å². The van der Waals surface area contributed by atoms with E-state index in [0.29, 0.717) is 5.41 Å². The van der Waals surface area contributed by atoms with Gasteiger partial charge in [-0.2, -0.15) is 0 Å². The Morgan fingerprint density at radius 3 is 2.88 bits per heavy atom. The Labute approximate surface area is 105 Å². The molecule has 0 unspecified atom stereocenters. The third kappa shape index (κ3) is 3.19. The van der Waals surface area contributed by atoms with Gasteiger partial charge in [-0.3, -0.25) is 4.98 Å². The molecule has 0 radical (unpaired) electrons. The zero-order valence-corrected chi connectivity index (χ0v) is 11.2. The summed E-state index contributed by atoms with van der Waals surface area (Å²) in [6.45, 7) is 5.64. The molecule has 1 fully saturated rings. The summed E-state index contributed by atoms with van der Waals surface area (Å²) in [6, 6.07) is 2.07. The highest BCUT2D eigenvalue weighted by atomic mass is 79.9. The van der Waals surface area contributed by atoms with Crippen LogP contribution in [0.25, 0.3) is 0 Å². The summed E-state index contributed by atoms with van der Waals surface area (Å²) in [5.41, 5.74) is 1.50. The zero-order valence-electron chi connectivity index (χ0n) is 9.59. The molecule has 88 valence electrons. The number of pyridine rings is 1. The van der Waals surface area contributed by atoms with Gasteiger partial charge in [-0.05, 0) is 53.3 Å². The Balaban J connectivity index is 1.91. The Kier molecular flexibility index (Phi) is 3.82. The van der Waals surface area contributed by atoms with Gasteiger partial charge in [-0.1, -0.05) is 6.92 Å². The molecular formula is C12H18BrN3. The van der Waals surface area contributed by atoms with E-state index in [2.05, 4.69) is 44.5 Å². The van der Waals surface area contributed by atoms with Crippen molar-refractivity contribution in [1.82, 2.24) is 10.3 Å². The summed E-state index contributed by atoms with van der Waals surface area (Å²) < 4.78 is 1.02. The van der Waals surface area contributed by atoms with Crippen LogP contribution in [0.4, 0.5) is 5.69 Å². The van der Waals surface area contributed by atoms with Crippen LogP contribution in [0.5, 0.6) is 0 Å². The molecule has 4 heteroatoms. The van der Waals surface area contributed by atoms with Gasteiger partial charge in [0.1, 0.15) is 0 Å². The topological polar surface area (TPSA) is 37.0 Å². The van der Waals surface area contributed by atoms with Crippen molar-refractivity contribution >= 4 is 21.6 Å². The van der Waals surface area contributed by atoms with Crippen LogP contribution in [-0.2, 0) is 0 Å². The minimum absolute atomic E-state index is 0.410. The van der Waals surface area contributed by atoms with Gasteiger partial charge >= 0.3 is 0 Å². The normalized spacial score (nSPS) is 19.4. The monoisotopic (exact) mass is 283 g/mol. The van der Waals surface area contributed by atoms with E-state index in [1.807, 2.05) is 6.20 Å². The summed E-state index contributed by atoms with van der Waals surface area (Å²) in [4.78, 5) is 4.15. The molecule has 0 bridgehead atoms. The van der Waals surface area contributed by atoms with Gasteiger partial charge in [0.05, 0.1) is 11.9 Å². The molecule has 1 saturated heterocycles. The minimum Gasteiger partial charge on any atom is -0.383 e. The molecule has 0 saturated carbocycles. The second kappa shape index (κ2) is 5.15. The van der Waals surface area contributed by atoms with E-state index in [4.69, 9.17) is 0 Å². The maximum Gasteiger partial charge on any atom is 0.0538 e. The van der Waals surface area contributed by atoms with E-state index in [1.54, 1.807) is 6.20 Å². The Morgan fingerprint density at radius 1 is 1.44 bits per heavy atom. The van der Waals surface area contributed by atoms with Gasteiger partial charge in [-0.25, -0.2) is 0 Å². The predicted molar refractivity (Wildman–Crippen MR) is 70.6 cm³/mol. The number of rotatable bonds is 3. The van der Waals surface area contributed by atoms with Crippen molar-refractivity contribution in [3.63, 3.8) is 0 Å². The van der Waals surface area contributed by atoms with Gasteiger partial charge in [0.25, 0.3) is 0 Å². The molecule has 1 aromatic rings. The van der Waals surface area contributed by atoms with E-state index >= 15 is 0 Å². The van der Waals surface area contributed by atoms with Crippen molar-refractivity contribution < 1.29 is 0 Å². The van der Waals surface area contributed by atoms with Crippen LogP contribution in [0.2, 0.25) is 0 Å². The number of hydrogen-bond acceptors (Lipinski definition) is 3. The molecule has 3 nitrogen and oxygen atoms in total. The van der Waals surface area contributed by atoms with Crippen molar-refractivity contribution in [3.8, 4) is 0 Å². The molecule has 2 N–H and O–H groups in total. The lowest BCUT2D eigenvalue weighted by molar-refractivity contribution is 0.247. The number of hydrogen-bond donors (Lipinski definition) is 2. The first-order valence-corrected chi connectivity index (χ1v) is 6.52. The van der Waals surface area contributed by atoms with Crippen LogP contribution in [0.15, 0.2) is 22.9 Å². The Morgan fingerprint density at radius 2 is 2.19 bits per heavy atom. The first-order valence-electron chi connectivity index (χ1n) is 5.73. The highest BCUT2D eigenvalue weighted by Crippen LogP contribution is 2.28. The summed E-state index contributed by atoms with van der Waals surface area (Å²) in [5, 5.41) is 6.88. The average molecular weight is 284 g/mol. The Bertz CT molecular complexity index is 348.